The van der Waals surface area contributed by atoms with Crippen molar-refractivity contribution in [2.24, 2.45) is 5.10 Å². The van der Waals surface area contributed by atoms with Crippen LogP contribution in [0.4, 0.5) is 5.69 Å². The molecule has 0 aliphatic rings. The Balaban J connectivity index is 2.10. The Kier molecular flexibility index (Phi) is 5.03. The minimum atomic E-state index is -0.553. The number of benzene rings is 2. The second kappa shape index (κ2) is 7.17. The highest BCUT2D eigenvalue weighted by atomic mass is 16.6. The molecule has 0 spiro atoms. The van der Waals surface area contributed by atoms with E-state index in [1.165, 1.54) is 24.3 Å². The van der Waals surface area contributed by atoms with E-state index in [-0.39, 0.29) is 11.3 Å². The van der Waals surface area contributed by atoms with Crippen molar-refractivity contribution in [1.82, 2.24) is 5.43 Å². The molecule has 0 atom stereocenters. The summed E-state index contributed by atoms with van der Waals surface area (Å²) in [5, 5.41) is 14.7. The fraction of sp³-hybridized carbons (Fsp3) is 0.125. The van der Waals surface area contributed by atoms with Crippen molar-refractivity contribution < 1.29 is 14.5 Å². The molecule has 2 aromatic carbocycles. The van der Waals surface area contributed by atoms with Crippen LogP contribution in [0.15, 0.2) is 53.6 Å². The van der Waals surface area contributed by atoms with E-state index >= 15 is 0 Å². The van der Waals surface area contributed by atoms with Crippen LogP contribution in [0.25, 0.3) is 0 Å². The lowest BCUT2D eigenvalue weighted by molar-refractivity contribution is -0.384. The van der Waals surface area contributed by atoms with Crippen LogP contribution in [-0.2, 0) is 0 Å². The van der Waals surface area contributed by atoms with E-state index in [1.54, 1.807) is 26.2 Å². The van der Waals surface area contributed by atoms with Gasteiger partial charge in [0.05, 0.1) is 17.7 Å². The summed E-state index contributed by atoms with van der Waals surface area (Å²) in [5.74, 6) is 0.212. The average molecular weight is 313 g/mol. The Hall–Kier alpha value is -3.22. The fourth-order valence-corrected chi connectivity index (χ4v) is 1.86. The maximum absolute atomic E-state index is 12.0. The summed E-state index contributed by atoms with van der Waals surface area (Å²) in [7, 11) is 1.58. The predicted molar refractivity (Wildman–Crippen MR) is 85.8 cm³/mol. The summed E-state index contributed by atoms with van der Waals surface area (Å²) in [6, 6.07) is 12.7. The lowest BCUT2D eigenvalue weighted by Crippen LogP contribution is -2.19. The molecule has 0 saturated heterocycles. The fourth-order valence-electron chi connectivity index (χ4n) is 1.86. The summed E-state index contributed by atoms with van der Waals surface area (Å²) in [5.41, 5.74) is 3.84. The zero-order chi connectivity index (χ0) is 16.8. The highest BCUT2D eigenvalue weighted by molar-refractivity contribution is 6.01. The number of nitro groups is 1. The summed E-state index contributed by atoms with van der Waals surface area (Å²) in [4.78, 5) is 22.2. The molecule has 7 heteroatoms. The smallest absolute Gasteiger partial charge is 0.271 e. The van der Waals surface area contributed by atoms with Crippen molar-refractivity contribution >= 4 is 17.3 Å². The standard InChI is InChI=1S/C16H15N3O4/c1-11(12-6-8-15(23-2)9-7-12)17-18-16(20)13-4-3-5-14(10-13)19(21)22/h3-10H,1-2H3,(H,18,20)/b17-11-. The lowest BCUT2D eigenvalue weighted by atomic mass is 10.1. The SMILES string of the molecule is COc1ccc(/C(C)=N\NC(=O)c2cccc([N+](=O)[O-])c2)cc1. The molecular weight excluding hydrogens is 298 g/mol. The van der Waals surface area contributed by atoms with Gasteiger partial charge in [-0.05, 0) is 42.8 Å². The number of nitrogens with zero attached hydrogens (tertiary/aromatic N) is 2. The Morgan fingerprint density at radius 3 is 2.48 bits per heavy atom. The second-order valence-electron chi connectivity index (χ2n) is 4.67. The van der Waals surface area contributed by atoms with Crippen LogP contribution in [0.5, 0.6) is 5.75 Å². The number of hydrogen-bond donors (Lipinski definition) is 1. The summed E-state index contributed by atoms with van der Waals surface area (Å²) >= 11 is 0. The van der Waals surface area contributed by atoms with Crippen molar-refractivity contribution in [2.75, 3.05) is 7.11 Å². The Morgan fingerprint density at radius 1 is 1.17 bits per heavy atom. The number of rotatable bonds is 5. The van der Waals surface area contributed by atoms with E-state index < -0.39 is 10.8 Å². The van der Waals surface area contributed by atoms with Crippen LogP contribution in [0, 0.1) is 10.1 Å². The van der Waals surface area contributed by atoms with Gasteiger partial charge < -0.3 is 4.74 Å². The van der Waals surface area contributed by atoms with E-state index in [9.17, 15) is 14.9 Å². The van der Waals surface area contributed by atoms with E-state index in [1.807, 2.05) is 12.1 Å². The van der Waals surface area contributed by atoms with Crippen molar-refractivity contribution in [2.45, 2.75) is 6.92 Å². The number of hydrogen-bond acceptors (Lipinski definition) is 5. The number of hydrazone groups is 1. The minimum absolute atomic E-state index is 0.145. The van der Waals surface area contributed by atoms with Gasteiger partial charge in [-0.15, -0.1) is 0 Å². The van der Waals surface area contributed by atoms with Gasteiger partial charge in [-0.2, -0.15) is 5.10 Å². The number of carbonyl (C=O) groups is 1. The lowest BCUT2D eigenvalue weighted by Gasteiger charge is -2.04. The number of carbonyl (C=O) groups excluding carboxylic acids is 1. The maximum Gasteiger partial charge on any atom is 0.271 e. The molecule has 118 valence electrons. The molecule has 1 N–H and O–H groups in total. The first-order chi connectivity index (χ1) is 11.0. The molecule has 0 aliphatic carbocycles. The first-order valence-electron chi connectivity index (χ1n) is 6.75. The van der Waals surface area contributed by atoms with Crippen molar-refractivity contribution in [3.8, 4) is 5.75 Å². The first-order valence-corrected chi connectivity index (χ1v) is 6.75. The summed E-state index contributed by atoms with van der Waals surface area (Å²) in [6.07, 6.45) is 0. The van der Waals surface area contributed by atoms with Crippen LogP contribution in [0.3, 0.4) is 0 Å². The topological polar surface area (TPSA) is 93.8 Å². The predicted octanol–water partition coefficient (Wildman–Crippen LogP) is 2.76. The molecule has 2 aromatic rings. The molecule has 0 heterocycles. The molecule has 1 amide bonds. The highest BCUT2D eigenvalue weighted by Crippen LogP contribution is 2.13. The molecule has 7 nitrogen and oxygen atoms in total. The first kappa shape index (κ1) is 16.2. The molecule has 23 heavy (non-hydrogen) atoms. The molecular formula is C16H15N3O4. The van der Waals surface area contributed by atoms with Crippen LogP contribution in [0.1, 0.15) is 22.8 Å². The van der Waals surface area contributed by atoms with Gasteiger partial charge >= 0.3 is 0 Å². The Labute approximate surface area is 132 Å². The van der Waals surface area contributed by atoms with Crippen molar-refractivity contribution in [3.05, 3.63) is 69.8 Å². The number of nitrogens with one attached hydrogen (secondary N) is 1. The number of amides is 1. The highest BCUT2D eigenvalue weighted by Gasteiger charge is 2.11. The number of nitro benzene ring substituents is 1. The van der Waals surface area contributed by atoms with Gasteiger partial charge in [0.2, 0.25) is 0 Å². The van der Waals surface area contributed by atoms with Gasteiger partial charge in [-0.3, -0.25) is 14.9 Å². The van der Waals surface area contributed by atoms with E-state index in [4.69, 9.17) is 4.74 Å². The largest absolute Gasteiger partial charge is 0.497 e. The van der Waals surface area contributed by atoms with Gasteiger partial charge in [0.15, 0.2) is 0 Å². The van der Waals surface area contributed by atoms with E-state index in [0.29, 0.717) is 5.71 Å². The van der Waals surface area contributed by atoms with Gasteiger partial charge in [0.1, 0.15) is 5.75 Å². The Bertz CT molecular complexity index is 754. The number of ether oxygens (including phenoxy) is 1. The van der Waals surface area contributed by atoms with Gasteiger partial charge in [0.25, 0.3) is 11.6 Å². The van der Waals surface area contributed by atoms with Gasteiger partial charge in [-0.25, -0.2) is 5.43 Å². The summed E-state index contributed by atoms with van der Waals surface area (Å²) < 4.78 is 5.07. The molecule has 0 saturated carbocycles. The molecule has 2 rings (SSSR count). The van der Waals surface area contributed by atoms with Crippen LogP contribution in [0.2, 0.25) is 0 Å². The number of methoxy groups -OCH3 is 1. The third-order valence-electron chi connectivity index (χ3n) is 3.15. The van der Waals surface area contributed by atoms with Gasteiger partial charge in [0, 0.05) is 17.7 Å². The third kappa shape index (κ3) is 4.13. The van der Waals surface area contributed by atoms with Crippen LogP contribution in [-0.4, -0.2) is 23.7 Å². The minimum Gasteiger partial charge on any atom is -0.497 e. The normalized spacial score (nSPS) is 11.0. The molecule has 0 aliphatic heterocycles. The third-order valence-corrected chi connectivity index (χ3v) is 3.15. The number of non-ortho nitro benzene ring substituents is 1. The zero-order valence-corrected chi connectivity index (χ0v) is 12.6. The molecule has 0 aromatic heterocycles. The Morgan fingerprint density at radius 2 is 1.87 bits per heavy atom. The van der Waals surface area contributed by atoms with Crippen LogP contribution < -0.4 is 10.2 Å². The monoisotopic (exact) mass is 313 g/mol. The van der Waals surface area contributed by atoms with Crippen molar-refractivity contribution in [1.29, 1.82) is 0 Å². The zero-order valence-electron chi connectivity index (χ0n) is 12.6. The van der Waals surface area contributed by atoms with Crippen LogP contribution >= 0.6 is 0 Å². The van der Waals surface area contributed by atoms with Gasteiger partial charge in [-0.1, -0.05) is 6.07 Å². The second-order valence-corrected chi connectivity index (χ2v) is 4.67. The molecule has 0 unspecified atom stereocenters. The molecule has 0 bridgehead atoms. The quantitative estimate of drug-likeness (QED) is 0.521. The van der Waals surface area contributed by atoms with Crippen molar-refractivity contribution in [3.63, 3.8) is 0 Å². The average Bonchev–Trinajstić information content (AvgIpc) is 2.59. The molecule has 0 fully saturated rings. The maximum atomic E-state index is 12.0. The molecule has 0 radical (unpaired) electrons. The van der Waals surface area contributed by atoms with E-state index in [2.05, 4.69) is 10.5 Å². The van der Waals surface area contributed by atoms with E-state index in [0.717, 1.165) is 11.3 Å². The summed E-state index contributed by atoms with van der Waals surface area (Å²) in [6.45, 7) is 1.75.